The quantitative estimate of drug-likeness (QED) is 0.455. The Labute approximate surface area is 171 Å². The summed E-state index contributed by atoms with van der Waals surface area (Å²) in [5, 5.41) is 5.43. The molecule has 0 aliphatic carbocycles. The van der Waals surface area contributed by atoms with Gasteiger partial charge in [-0.2, -0.15) is 0 Å². The average molecular weight is 392 g/mol. The van der Waals surface area contributed by atoms with Crippen molar-refractivity contribution in [2.45, 2.75) is 0 Å². The third-order valence-corrected chi connectivity index (χ3v) is 4.94. The van der Waals surface area contributed by atoms with Crippen molar-refractivity contribution in [2.24, 2.45) is 0 Å². The van der Waals surface area contributed by atoms with E-state index in [1.54, 1.807) is 48.5 Å². The van der Waals surface area contributed by atoms with E-state index in [2.05, 4.69) is 10.3 Å². The maximum Gasteiger partial charge on any atom is 0.347 e. The maximum absolute atomic E-state index is 12.6. The van der Waals surface area contributed by atoms with Gasteiger partial charge in [-0.05, 0) is 59.3 Å². The van der Waals surface area contributed by atoms with Gasteiger partial charge in [-0.3, -0.25) is 4.79 Å². The van der Waals surface area contributed by atoms with Crippen molar-refractivity contribution in [1.82, 2.24) is 4.98 Å². The fourth-order valence-corrected chi connectivity index (χ4v) is 3.37. The van der Waals surface area contributed by atoms with Crippen molar-refractivity contribution in [3.8, 4) is 11.5 Å². The van der Waals surface area contributed by atoms with Crippen LogP contribution in [0.4, 0.5) is 5.69 Å². The summed E-state index contributed by atoms with van der Waals surface area (Å²) in [6.45, 7) is 0. The van der Waals surface area contributed by atoms with Gasteiger partial charge in [0.05, 0.1) is 10.9 Å². The van der Waals surface area contributed by atoms with E-state index >= 15 is 0 Å². The maximum atomic E-state index is 12.6. The number of hydrogen-bond acceptors (Lipinski definition) is 4. The number of fused-ring (bicyclic) bond motifs is 2. The van der Waals surface area contributed by atoms with Crippen LogP contribution in [0.3, 0.4) is 0 Å². The van der Waals surface area contributed by atoms with Crippen molar-refractivity contribution in [3.63, 3.8) is 0 Å². The molecule has 0 spiro atoms. The Morgan fingerprint density at radius 2 is 1.53 bits per heavy atom. The first-order valence-electron chi connectivity index (χ1n) is 9.48. The van der Waals surface area contributed by atoms with Gasteiger partial charge >= 0.3 is 5.63 Å². The van der Waals surface area contributed by atoms with Crippen LogP contribution in [-0.4, -0.2) is 10.9 Å². The number of carbonyl (C=O) groups excluding carboxylic acids is 1. The van der Waals surface area contributed by atoms with Crippen molar-refractivity contribution in [3.05, 3.63) is 107 Å². The number of carbonyl (C=O) groups is 1. The van der Waals surface area contributed by atoms with Crippen molar-refractivity contribution < 1.29 is 9.21 Å². The summed E-state index contributed by atoms with van der Waals surface area (Å²) in [5.41, 5.74) is 2.03. The summed E-state index contributed by atoms with van der Waals surface area (Å²) in [4.78, 5) is 29.2. The molecule has 0 bridgehead atoms. The summed E-state index contributed by atoms with van der Waals surface area (Å²) in [6.07, 6.45) is 0. The van der Waals surface area contributed by atoms with Gasteiger partial charge in [-0.1, -0.05) is 42.5 Å². The molecule has 0 aliphatic rings. The number of hydrogen-bond donors (Lipinski definition) is 1. The number of anilines is 1. The van der Waals surface area contributed by atoms with Crippen LogP contribution in [0.2, 0.25) is 0 Å². The molecule has 0 aliphatic heterocycles. The molecule has 5 heteroatoms. The highest BCUT2D eigenvalue weighted by molar-refractivity contribution is 6.06. The number of nitrogens with one attached hydrogen (secondary N) is 1. The predicted octanol–water partition coefficient (Wildman–Crippen LogP) is 5.26. The first kappa shape index (κ1) is 17.8. The number of amides is 1. The minimum absolute atomic E-state index is 0.191. The SMILES string of the molecule is O=C(Nc1ccc(-c2nc3ccccc3c(=O)o2)cc1)c1ccc2ccccc2c1. The van der Waals surface area contributed by atoms with Crippen LogP contribution < -0.4 is 10.9 Å². The van der Waals surface area contributed by atoms with Gasteiger partial charge in [0.15, 0.2) is 0 Å². The second kappa shape index (κ2) is 7.29. The van der Waals surface area contributed by atoms with Crippen LogP contribution in [0.15, 0.2) is 100 Å². The fraction of sp³-hybridized carbons (Fsp3) is 0. The third-order valence-electron chi connectivity index (χ3n) is 4.94. The van der Waals surface area contributed by atoms with Crippen LogP contribution in [0, 0.1) is 0 Å². The van der Waals surface area contributed by atoms with Gasteiger partial charge in [0.25, 0.3) is 5.91 Å². The fourth-order valence-electron chi connectivity index (χ4n) is 3.37. The zero-order chi connectivity index (χ0) is 20.5. The van der Waals surface area contributed by atoms with E-state index in [-0.39, 0.29) is 11.8 Å². The van der Waals surface area contributed by atoms with Gasteiger partial charge in [0.1, 0.15) is 0 Å². The van der Waals surface area contributed by atoms with E-state index < -0.39 is 5.63 Å². The minimum Gasteiger partial charge on any atom is -0.403 e. The van der Waals surface area contributed by atoms with Gasteiger partial charge in [-0.25, -0.2) is 9.78 Å². The number of aromatic nitrogens is 1. The van der Waals surface area contributed by atoms with Crippen molar-refractivity contribution >= 4 is 33.3 Å². The second-order valence-corrected chi connectivity index (χ2v) is 6.92. The Kier molecular flexibility index (Phi) is 4.33. The van der Waals surface area contributed by atoms with Gasteiger partial charge in [0, 0.05) is 16.8 Å². The lowest BCUT2D eigenvalue weighted by molar-refractivity contribution is 0.102. The zero-order valence-electron chi connectivity index (χ0n) is 15.8. The molecule has 1 heterocycles. The van der Waals surface area contributed by atoms with E-state index in [9.17, 15) is 9.59 Å². The Morgan fingerprint density at radius 1 is 0.800 bits per heavy atom. The zero-order valence-corrected chi connectivity index (χ0v) is 15.8. The molecule has 0 atom stereocenters. The second-order valence-electron chi connectivity index (χ2n) is 6.92. The summed E-state index contributed by atoms with van der Waals surface area (Å²) >= 11 is 0. The highest BCUT2D eigenvalue weighted by Crippen LogP contribution is 2.22. The Bertz CT molecular complexity index is 1450. The lowest BCUT2D eigenvalue weighted by Gasteiger charge is -2.07. The van der Waals surface area contributed by atoms with E-state index in [1.807, 2.05) is 42.5 Å². The molecule has 0 fully saturated rings. The lowest BCUT2D eigenvalue weighted by atomic mass is 10.1. The van der Waals surface area contributed by atoms with E-state index in [0.29, 0.717) is 27.7 Å². The van der Waals surface area contributed by atoms with Gasteiger partial charge in [-0.15, -0.1) is 0 Å². The molecule has 4 aromatic carbocycles. The topological polar surface area (TPSA) is 72.2 Å². The van der Waals surface area contributed by atoms with E-state index in [4.69, 9.17) is 4.42 Å². The standard InChI is InChI=1S/C25H16N2O3/c28-23(19-10-9-16-5-1-2-6-18(16)15-19)26-20-13-11-17(12-14-20)24-27-22-8-4-3-7-21(22)25(29)30-24/h1-15H,(H,26,28). The van der Waals surface area contributed by atoms with Crippen LogP contribution in [0.1, 0.15) is 10.4 Å². The molecule has 5 rings (SSSR count). The van der Waals surface area contributed by atoms with Crippen LogP contribution in [0.5, 0.6) is 0 Å². The summed E-state index contributed by atoms with van der Waals surface area (Å²) in [6, 6.07) is 27.6. The summed E-state index contributed by atoms with van der Waals surface area (Å²) < 4.78 is 5.35. The Hall–Kier alpha value is -4.25. The monoisotopic (exact) mass is 392 g/mol. The molecule has 0 saturated carbocycles. The number of nitrogens with zero attached hydrogens (tertiary/aromatic N) is 1. The molecule has 144 valence electrons. The largest absolute Gasteiger partial charge is 0.403 e. The van der Waals surface area contributed by atoms with Crippen LogP contribution in [-0.2, 0) is 0 Å². The van der Waals surface area contributed by atoms with Gasteiger partial charge in [0.2, 0.25) is 5.89 Å². The molecule has 1 N–H and O–H groups in total. The molecule has 0 unspecified atom stereocenters. The van der Waals surface area contributed by atoms with E-state index in [0.717, 1.165) is 10.8 Å². The van der Waals surface area contributed by atoms with Crippen LogP contribution in [0.25, 0.3) is 33.1 Å². The average Bonchev–Trinajstić information content (AvgIpc) is 2.79. The molecule has 30 heavy (non-hydrogen) atoms. The summed E-state index contributed by atoms with van der Waals surface area (Å²) in [5.74, 6) is 0.0509. The Balaban J connectivity index is 1.39. The smallest absolute Gasteiger partial charge is 0.347 e. The molecular formula is C25H16N2O3. The molecular weight excluding hydrogens is 376 g/mol. The van der Waals surface area contributed by atoms with E-state index in [1.165, 1.54) is 0 Å². The molecule has 1 aromatic heterocycles. The number of para-hydroxylation sites is 1. The number of benzene rings is 4. The normalized spacial score (nSPS) is 10.9. The highest BCUT2D eigenvalue weighted by Gasteiger charge is 2.10. The highest BCUT2D eigenvalue weighted by atomic mass is 16.4. The predicted molar refractivity (Wildman–Crippen MR) is 118 cm³/mol. The first-order valence-corrected chi connectivity index (χ1v) is 9.48. The van der Waals surface area contributed by atoms with Crippen LogP contribution >= 0.6 is 0 Å². The molecule has 5 nitrogen and oxygen atoms in total. The number of rotatable bonds is 3. The third kappa shape index (κ3) is 3.33. The van der Waals surface area contributed by atoms with Gasteiger partial charge < -0.3 is 9.73 Å². The minimum atomic E-state index is -0.427. The van der Waals surface area contributed by atoms with Crippen molar-refractivity contribution in [1.29, 1.82) is 0 Å². The Morgan fingerprint density at radius 3 is 2.37 bits per heavy atom. The molecule has 5 aromatic rings. The van der Waals surface area contributed by atoms with Crippen molar-refractivity contribution in [2.75, 3.05) is 5.32 Å². The molecule has 0 saturated heterocycles. The lowest BCUT2D eigenvalue weighted by Crippen LogP contribution is -2.11. The molecule has 0 radical (unpaired) electrons. The molecule has 1 amide bonds. The first-order chi connectivity index (χ1) is 14.7. The summed E-state index contributed by atoms with van der Waals surface area (Å²) in [7, 11) is 0.